The molecule has 1 aliphatic carbocycles. The molecule has 0 saturated carbocycles. The van der Waals surface area contributed by atoms with E-state index in [4.69, 9.17) is 14.2 Å². The molecule has 0 spiro atoms. The Morgan fingerprint density at radius 1 is 0.818 bits per heavy atom. The standard InChI is InChI=1S/C36H43NO7/c1-35(2,3)43-25-17-15-23(16-18-25)19-31(34(41)44-36(4,5)6)37-33(40)24(21-38)20-32(39)42-22-30-28-13-9-7-11-26(28)27-12-8-10-14-29(27)30/h7-18,24,30-31,38H,19-22H2,1-6H3,(H,37,40)/t24-,31-/m0/s1. The van der Waals surface area contributed by atoms with E-state index in [1.54, 1.807) is 20.8 Å². The van der Waals surface area contributed by atoms with Crippen molar-refractivity contribution in [2.75, 3.05) is 13.2 Å². The predicted molar refractivity (Wildman–Crippen MR) is 168 cm³/mol. The summed E-state index contributed by atoms with van der Waals surface area (Å²) in [6.45, 7) is 10.6. The summed E-state index contributed by atoms with van der Waals surface area (Å²) in [5.41, 5.74) is 4.03. The van der Waals surface area contributed by atoms with Crippen molar-refractivity contribution >= 4 is 17.8 Å². The molecule has 0 aromatic heterocycles. The van der Waals surface area contributed by atoms with Crippen LogP contribution in [0.4, 0.5) is 0 Å². The van der Waals surface area contributed by atoms with Gasteiger partial charge >= 0.3 is 11.9 Å². The second-order valence-electron chi connectivity index (χ2n) is 13.2. The number of carbonyl (C=O) groups is 3. The summed E-state index contributed by atoms with van der Waals surface area (Å²) in [5, 5.41) is 12.7. The Hall–Kier alpha value is -4.17. The van der Waals surface area contributed by atoms with E-state index in [2.05, 4.69) is 17.4 Å². The van der Waals surface area contributed by atoms with E-state index >= 15 is 0 Å². The van der Waals surface area contributed by atoms with Crippen LogP contribution in [0.15, 0.2) is 72.8 Å². The van der Waals surface area contributed by atoms with Gasteiger partial charge in [0.1, 0.15) is 29.6 Å². The van der Waals surface area contributed by atoms with Crippen LogP contribution >= 0.6 is 0 Å². The third-order valence-electron chi connectivity index (χ3n) is 7.17. The summed E-state index contributed by atoms with van der Waals surface area (Å²) in [7, 11) is 0. The molecular formula is C36H43NO7. The summed E-state index contributed by atoms with van der Waals surface area (Å²) in [5.74, 6) is -2.39. The maximum Gasteiger partial charge on any atom is 0.329 e. The zero-order valence-electron chi connectivity index (χ0n) is 26.4. The Balaban J connectivity index is 1.40. The third-order valence-corrected chi connectivity index (χ3v) is 7.17. The minimum absolute atomic E-state index is 0.113. The maximum atomic E-state index is 13.3. The Labute approximate surface area is 259 Å². The number of hydrogen-bond donors (Lipinski definition) is 2. The Morgan fingerprint density at radius 3 is 1.91 bits per heavy atom. The van der Waals surface area contributed by atoms with Gasteiger partial charge in [-0.2, -0.15) is 0 Å². The lowest BCUT2D eigenvalue weighted by atomic mass is 9.98. The highest BCUT2D eigenvalue weighted by molar-refractivity contribution is 5.88. The Kier molecular flexibility index (Phi) is 10.1. The number of nitrogens with one attached hydrogen (secondary N) is 1. The fourth-order valence-corrected chi connectivity index (χ4v) is 5.25. The van der Waals surface area contributed by atoms with Gasteiger partial charge in [0.25, 0.3) is 0 Å². The Morgan fingerprint density at radius 2 is 1.39 bits per heavy atom. The van der Waals surface area contributed by atoms with E-state index in [0.29, 0.717) is 5.75 Å². The molecule has 0 heterocycles. The fraction of sp³-hybridized carbons (Fsp3) is 0.417. The number of rotatable bonds is 11. The average molecular weight is 602 g/mol. The van der Waals surface area contributed by atoms with E-state index in [0.717, 1.165) is 27.8 Å². The summed E-state index contributed by atoms with van der Waals surface area (Å²) in [6.07, 6.45) is -0.183. The highest BCUT2D eigenvalue weighted by atomic mass is 16.6. The first-order valence-corrected chi connectivity index (χ1v) is 15.0. The lowest BCUT2D eigenvalue weighted by Gasteiger charge is -2.26. The lowest BCUT2D eigenvalue weighted by molar-refractivity contribution is -0.159. The zero-order valence-corrected chi connectivity index (χ0v) is 26.4. The number of hydrogen-bond acceptors (Lipinski definition) is 7. The van der Waals surface area contributed by atoms with Crippen LogP contribution in [0.1, 0.15) is 70.6 Å². The molecule has 2 N–H and O–H groups in total. The van der Waals surface area contributed by atoms with Gasteiger partial charge in [0, 0.05) is 12.3 Å². The first-order chi connectivity index (χ1) is 20.7. The molecule has 4 rings (SSSR count). The lowest BCUT2D eigenvalue weighted by Crippen LogP contribution is -2.48. The van der Waals surface area contributed by atoms with Crippen LogP contribution in [0, 0.1) is 5.92 Å². The number of fused-ring (bicyclic) bond motifs is 3. The van der Waals surface area contributed by atoms with Gasteiger partial charge in [-0.3, -0.25) is 9.59 Å². The molecule has 1 aliphatic rings. The highest BCUT2D eigenvalue weighted by Gasteiger charge is 2.32. The molecule has 44 heavy (non-hydrogen) atoms. The molecular weight excluding hydrogens is 558 g/mol. The molecule has 3 aromatic rings. The van der Waals surface area contributed by atoms with Gasteiger partial charge < -0.3 is 24.6 Å². The molecule has 0 bridgehead atoms. The summed E-state index contributed by atoms with van der Waals surface area (Å²) in [4.78, 5) is 39.3. The van der Waals surface area contributed by atoms with Crippen molar-refractivity contribution in [3.8, 4) is 16.9 Å². The van der Waals surface area contributed by atoms with Crippen LogP contribution in [0.25, 0.3) is 11.1 Å². The van der Waals surface area contributed by atoms with E-state index < -0.39 is 42.0 Å². The van der Waals surface area contributed by atoms with Crippen LogP contribution in [0.3, 0.4) is 0 Å². The predicted octanol–water partition coefficient (Wildman–Crippen LogP) is 5.59. The number of benzene rings is 3. The van der Waals surface area contributed by atoms with Crippen LogP contribution < -0.4 is 10.1 Å². The number of carbonyl (C=O) groups excluding carboxylic acids is 3. The van der Waals surface area contributed by atoms with E-state index in [9.17, 15) is 19.5 Å². The first kappa shape index (κ1) is 32.7. The molecule has 0 saturated heterocycles. The molecule has 0 radical (unpaired) electrons. The van der Waals surface area contributed by atoms with E-state index in [1.165, 1.54) is 0 Å². The molecule has 8 nitrogen and oxygen atoms in total. The molecule has 1 amide bonds. The van der Waals surface area contributed by atoms with Crippen molar-refractivity contribution in [2.24, 2.45) is 5.92 Å². The number of aliphatic hydroxyl groups excluding tert-OH is 1. The van der Waals surface area contributed by atoms with Crippen molar-refractivity contribution in [3.63, 3.8) is 0 Å². The largest absolute Gasteiger partial charge is 0.488 e. The van der Waals surface area contributed by atoms with Gasteiger partial charge in [0.05, 0.1) is 18.9 Å². The number of esters is 2. The van der Waals surface area contributed by atoms with Crippen LogP contribution in [-0.4, -0.2) is 53.4 Å². The van der Waals surface area contributed by atoms with E-state index in [1.807, 2.05) is 81.4 Å². The van der Waals surface area contributed by atoms with Crippen molar-refractivity contribution in [3.05, 3.63) is 89.5 Å². The molecule has 3 aromatic carbocycles. The van der Waals surface area contributed by atoms with Crippen molar-refractivity contribution < 1.29 is 33.7 Å². The second-order valence-corrected chi connectivity index (χ2v) is 13.2. The number of amides is 1. The molecule has 0 fully saturated rings. The highest BCUT2D eigenvalue weighted by Crippen LogP contribution is 2.44. The van der Waals surface area contributed by atoms with Crippen molar-refractivity contribution in [2.45, 2.75) is 77.5 Å². The number of aliphatic hydroxyl groups is 1. The summed E-state index contributed by atoms with van der Waals surface area (Å²) in [6, 6.07) is 22.3. The number of ether oxygens (including phenoxy) is 3. The van der Waals surface area contributed by atoms with Crippen molar-refractivity contribution in [1.82, 2.24) is 5.32 Å². The fourth-order valence-electron chi connectivity index (χ4n) is 5.25. The minimum atomic E-state index is -1.10. The molecule has 0 aliphatic heterocycles. The van der Waals surface area contributed by atoms with Crippen molar-refractivity contribution in [1.29, 1.82) is 0 Å². The van der Waals surface area contributed by atoms with Crippen LogP contribution in [0.5, 0.6) is 5.75 Å². The smallest absolute Gasteiger partial charge is 0.329 e. The van der Waals surface area contributed by atoms with Gasteiger partial charge in [0.2, 0.25) is 5.91 Å². The molecule has 0 unspecified atom stereocenters. The van der Waals surface area contributed by atoms with Gasteiger partial charge in [-0.25, -0.2) is 4.79 Å². The first-order valence-electron chi connectivity index (χ1n) is 15.0. The van der Waals surface area contributed by atoms with Gasteiger partial charge in [-0.05, 0) is 81.5 Å². The molecule has 234 valence electrons. The minimum Gasteiger partial charge on any atom is -0.488 e. The second kappa shape index (κ2) is 13.6. The van der Waals surface area contributed by atoms with Gasteiger partial charge in [-0.1, -0.05) is 60.7 Å². The topological polar surface area (TPSA) is 111 Å². The SMILES string of the molecule is CC(C)(C)OC(=O)[C@H](Cc1ccc(OC(C)(C)C)cc1)NC(=O)[C@H](CO)CC(=O)OCC1c2ccccc2-c2ccccc21. The molecule has 8 heteroatoms. The normalized spacial score (nSPS) is 14.2. The van der Waals surface area contributed by atoms with Gasteiger partial charge in [0.15, 0.2) is 0 Å². The third kappa shape index (κ3) is 8.69. The maximum absolute atomic E-state index is 13.3. The average Bonchev–Trinajstić information content (AvgIpc) is 3.27. The monoisotopic (exact) mass is 601 g/mol. The summed E-state index contributed by atoms with van der Waals surface area (Å²) < 4.78 is 17.1. The zero-order chi connectivity index (χ0) is 32.1. The quantitative estimate of drug-likeness (QED) is 0.276. The van der Waals surface area contributed by atoms with Crippen LogP contribution in [-0.2, 0) is 30.3 Å². The van der Waals surface area contributed by atoms with Gasteiger partial charge in [-0.15, -0.1) is 0 Å². The summed E-state index contributed by atoms with van der Waals surface area (Å²) >= 11 is 0. The van der Waals surface area contributed by atoms with E-state index in [-0.39, 0.29) is 31.0 Å². The Bertz CT molecular complexity index is 1420. The molecule has 2 atom stereocenters. The van der Waals surface area contributed by atoms with Crippen LogP contribution in [0.2, 0.25) is 0 Å².